The molecule has 1 unspecified atom stereocenters. The Morgan fingerprint density at radius 3 is 2.32 bits per heavy atom. The van der Waals surface area contributed by atoms with E-state index in [4.69, 9.17) is 0 Å². The van der Waals surface area contributed by atoms with Crippen molar-refractivity contribution in [3.63, 3.8) is 0 Å². The molecule has 0 fully saturated rings. The number of amides is 1. The highest BCUT2D eigenvalue weighted by atomic mass is 32.1. The van der Waals surface area contributed by atoms with E-state index in [0.29, 0.717) is 5.92 Å². The second kappa shape index (κ2) is 6.85. The van der Waals surface area contributed by atoms with Crippen LogP contribution in [0.5, 0.6) is 0 Å². The normalized spacial score (nSPS) is 12.5. The van der Waals surface area contributed by atoms with E-state index in [2.05, 4.69) is 19.2 Å². The second-order valence-corrected chi connectivity index (χ2v) is 6.81. The van der Waals surface area contributed by atoms with E-state index in [1.165, 1.54) is 0 Å². The predicted octanol–water partition coefficient (Wildman–Crippen LogP) is 3.49. The van der Waals surface area contributed by atoms with Gasteiger partial charge in [0.1, 0.15) is 0 Å². The van der Waals surface area contributed by atoms with Crippen LogP contribution in [0.15, 0.2) is 6.07 Å². The maximum Gasteiger partial charge on any atom is 0.220 e. The van der Waals surface area contributed by atoms with Crippen molar-refractivity contribution < 1.29 is 9.59 Å². The topological polar surface area (TPSA) is 46.2 Å². The first-order chi connectivity index (χ1) is 8.81. The summed E-state index contributed by atoms with van der Waals surface area (Å²) in [5, 5.41) is 2.92. The quantitative estimate of drug-likeness (QED) is 0.811. The Morgan fingerprint density at radius 1 is 1.21 bits per heavy atom. The zero-order valence-corrected chi connectivity index (χ0v) is 13.2. The molecule has 0 saturated heterocycles. The summed E-state index contributed by atoms with van der Waals surface area (Å²) in [7, 11) is 0. The molecule has 19 heavy (non-hydrogen) atoms. The molecular weight excluding hydrogens is 258 g/mol. The van der Waals surface area contributed by atoms with Gasteiger partial charge >= 0.3 is 0 Å². The van der Waals surface area contributed by atoms with Crippen LogP contribution in [0.2, 0.25) is 0 Å². The molecule has 0 aromatic carbocycles. The highest BCUT2D eigenvalue weighted by Crippen LogP contribution is 2.22. The first-order valence-corrected chi connectivity index (χ1v) is 7.52. The molecule has 1 heterocycles. The van der Waals surface area contributed by atoms with Crippen molar-refractivity contribution in [3.8, 4) is 0 Å². The Kier molecular flexibility index (Phi) is 5.73. The lowest BCUT2D eigenvalue weighted by molar-refractivity contribution is -0.121. The molecule has 0 spiro atoms. The average molecular weight is 281 g/mol. The number of thiophene rings is 1. The molecule has 1 rings (SSSR count). The lowest BCUT2D eigenvalue weighted by Gasteiger charge is -2.17. The molecule has 3 nitrogen and oxygen atoms in total. The van der Waals surface area contributed by atoms with Crippen LogP contribution in [0.1, 0.15) is 53.7 Å². The highest BCUT2D eigenvalue weighted by molar-refractivity contribution is 7.12. The number of aryl methyl sites for hydroxylation is 2. The van der Waals surface area contributed by atoms with E-state index in [-0.39, 0.29) is 30.6 Å². The van der Waals surface area contributed by atoms with Gasteiger partial charge < -0.3 is 5.32 Å². The van der Waals surface area contributed by atoms with Crippen LogP contribution in [0.3, 0.4) is 0 Å². The Labute approximate surface area is 119 Å². The summed E-state index contributed by atoms with van der Waals surface area (Å²) in [5.41, 5.74) is 0.771. The minimum atomic E-state index is -0.0424. The van der Waals surface area contributed by atoms with Crippen LogP contribution in [0.4, 0.5) is 0 Å². The fourth-order valence-electron chi connectivity index (χ4n) is 1.76. The highest BCUT2D eigenvalue weighted by Gasteiger charge is 2.15. The average Bonchev–Trinajstić information content (AvgIpc) is 2.65. The zero-order valence-electron chi connectivity index (χ0n) is 12.4. The van der Waals surface area contributed by atoms with Crippen LogP contribution in [0, 0.1) is 19.8 Å². The number of rotatable bonds is 6. The van der Waals surface area contributed by atoms with Gasteiger partial charge in [0.25, 0.3) is 0 Å². The number of ketones is 1. The summed E-state index contributed by atoms with van der Waals surface area (Å²) in [5.74, 6) is 0.426. The third kappa shape index (κ3) is 4.78. The third-order valence-electron chi connectivity index (χ3n) is 3.31. The van der Waals surface area contributed by atoms with Gasteiger partial charge in [0, 0.05) is 34.2 Å². The zero-order chi connectivity index (χ0) is 14.6. The van der Waals surface area contributed by atoms with Crippen LogP contribution < -0.4 is 5.32 Å². The molecule has 0 radical (unpaired) electrons. The summed E-state index contributed by atoms with van der Waals surface area (Å²) < 4.78 is 0. The van der Waals surface area contributed by atoms with E-state index < -0.39 is 0 Å². The molecule has 0 aliphatic rings. The number of carbonyl (C=O) groups is 2. The number of nitrogens with one attached hydrogen (secondary N) is 1. The van der Waals surface area contributed by atoms with Gasteiger partial charge in [-0.25, -0.2) is 0 Å². The molecule has 0 aliphatic heterocycles. The molecule has 0 aliphatic carbocycles. The second-order valence-electron chi connectivity index (χ2n) is 5.35. The SMILES string of the molecule is Cc1cc(C(=O)CCC(=O)NC(C)C(C)C)c(C)s1. The van der Waals surface area contributed by atoms with Crippen molar-refractivity contribution in [3.05, 3.63) is 21.4 Å². The monoisotopic (exact) mass is 281 g/mol. The molecule has 1 N–H and O–H groups in total. The Bertz CT molecular complexity index is 463. The fraction of sp³-hybridized carbons (Fsp3) is 0.600. The van der Waals surface area contributed by atoms with Crippen LogP contribution in [0.25, 0.3) is 0 Å². The van der Waals surface area contributed by atoms with Gasteiger partial charge in [-0.3, -0.25) is 9.59 Å². The molecule has 1 amide bonds. The van der Waals surface area contributed by atoms with Crippen molar-refractivity contribution in [1.29, 1.82) is 0 Å². The predicted molar refractivity (Wildman–Crippen MR) is 79.8 cm³/mol. The first kappa shape index (κ1) is 15.9. The van der Waals surface area contributed by atoms with Crippen LogP contribution in [-0.2, 0) is 4.79 Å². The van der Waals surface area contributed by atoms with Crippen LogP contribution in [-0.4, -0.2) is 17.7 Å². The Balaban J connectivity index is 2.47. The van der Waals surface area contributed by atoms with E-state index >= 15 is 0 Å². The molecule has 1 aromatic heterocycles. The summed E-state index contributed by atoms with van der Waals surface area (Å²) in [6.07, 6.45) is 0.553. The van der Waals surface area contributed by atoms with Crippen molar-refractivity contribution in [2.75, 3.05) is 0 Å². The Morgan fingerprint density at radius 2 is 1.84 bits per heavy atom. The standard InChI is InChI=1S/C15H23NO2S/c1-9(2)11(4)16-15(18)7-6-14(17)13-8-10(3)19-12(13)5/h8-9,11H,6-7H2,1-5H3,(H,16,18). The smallest absolute Gasteiger partial charge is 0.220 e. The van der Waals surface area contributed by atoms with Gasteiger partial charge in [-0.15, -0.1) is 11.3 Å². The molecule has 4 heteroatoms. The minimum absolute atomic E-state index is 0.0424. The maximum atomic E-state index is 12.0. The van der Waals surface area contributed by atoms with E-state index in [0.717, 1.165) is 15.3 Å². The number of carbonyl (C=O) groups excluding carboxylic acids is 2. The van der Waals surface area contributed by atoms with Crippen molar-refractivity contribution in [2.24, 2.45) is 5.92 Å². The molecule has 106 valence electrons. The molecule has 1 atom stereocenters. The molecule has 0 saturated carbocycles. The molecular formula is C15H23NO2S. The number of hydrogen-bond acceptors (Lipinski definition) is 3. The van der Waals surface area contributed by atoms with Crippen molar-refractivity contribution >= 4 is 23.0 Å². The maximum absolute atomic E-state index is 12.0. The summed E-state index contributed by atoms with van der Waals surface area (Å²) in [6.45, 7) is 10.1. The van der Waals surface area contributed by atoms with Gasteiger partial charge in [0.05, 0.1) is 0 Å². The van der Waals surface area contributed by atoms with E-state index in [1.54, 1.807) is 11.3 Å². The molecule has 0 bridgehead atoms. The van der Waals surface area contributed by atoms with E-state index in [1.807, 2.05) is 26.8 Å². The summed E-state index contributed by atoms with van der Waals surface area (Å²) in [4.78, 5) is 25.9. The van der Waals surface area contributed by atoms with Gasteiger partial charge in [0.2, 0.25) is 5.91 Å². The number of Topliss-reactive ketones (excluding diaryl/α,β-unsaturated/α-hetero) is 1. The lowest BCUT2D eigenvalue weighted by atomic mass is 10.0. The summed E-state index contributed by atoms with van der Waals surface area (Å²) in [6, 6.07) is 2.06. The van der Waals surface area contributed by atoms with Gasteiger partial charge in [-0.05, 0) is 32.8 Å². The first-order valence-electron chi connectivity index (χ1n) is 6.71. The van der Waals surface area contributed by atoms with Gasteiger partial charge in [0.15, 0.2) is 5.78 Å². The third-order valence-corrected chi connectivity index (χ3v) is 4.28. The fourth-order valence-corrected chi connectivity index (χ4v) is 2.70. The minimum Gasteiger partial charge on any atom is -0.353 e. The van der Waals surface area contributed by atoms with E-state index in [9.17, 15) is 9.59 Å². The number of hydrogen-bond donors (Lipinski definition) is 1. The Hall–Kier alpha value is -1.16. The van der Waals surface area contributed by atoms with Gasteiger partial charge in [-0.1, -0.05) is 13.8 Å². The van der Waals surface area contributed by atoms with Gasteiger partial charge in [-0.2, -0.15) is 0 Å². The molecule has 1 aromatic rings. The summed E-state index contributed by atoms with van der Waals surface area (Å²) >= 11 is 1.62. The van der Waals surface area contributed by atoms with Crippen molar-refractivity contribution in [1.82, 2.24) is 5.32 Å². The lowest BCUT2D eigenvalue weighted by Crippen LogP contribution is -2.36. The van der Waals surface area contributed by atoms with Crippen molar-refractivity contribution in [2.45, 2.75) is 53.5 Å². The largest absolute Gasteiger partial charge is 0.353 e. The van der Waals surface area contributed by atoms with Crippen LogP contribution >= 0.6 is 11.3 Å².